The molecule has 7 nitrogen and oxygen atoms in total. The highest BCUT2D eigenvalue weighted by Gasteiger charge is 2.32. The van der Waals surface area contributed by atoms with Crippen molar-refractivity contribution in [3.8, 4) is 17.2 Å². The first kappa shape index (κ1) is 21.9. The SMILES string of the molecule is COc1cc(C(c2ccnc3ccccc23)N2CCC(C(=O)O)CC2)cc(OC)c1OC. The molecule has 1 aromatic heterocycles. The van der Waals surface area contributed by atoms with Gasteiger partial charge in [0, 0.05) is 11.6 Å². The molecule has 1 fully saturated rings. The molecule has 1 aliphatic heterocycles. The predicted molar refractivity (Wildman–Crippen MR) is 122 cm³/mol. The summed E-state index contributed by atoms with van der Waals surface area (Å²) in [5, 5.41) is 10.5. The van der Waals surface area contributed by atoms with E-state index in [1.54, 1.807) is 21.3 Å². The number of hydrogen-bond acceptors (Lipinski definition) is 6. The summed E-state index contributed by atoms with van der Waals surface area (Å²) in [6, 6.07) is 13.9. The molecule has 7 heteroatoms. The van der Waals surface area contributed by atoms with Crippen LogP contribution in [0.3, 0.4) is 0 Å². The summed E-state index contributed by atoms with van der Waals surface area (Å²) in [5.74, 6) is 0.697. The van der Waals surface area contributed by atoms with E-state index in [-0.39, 0.29) is 12.0 Å². The highest BCUT2D eigenvalue weighted by molar-refractivity contribution is 5.83. The lowest BCUT2D eigenvalue weighted by atomic mass is 9.89. The van der Waals surface area contributed by atoms with Crippen molar-refractivity contribution in [2.24, 2.45) is 5.92 Å². The van der Waals surface area contributed by atoms with Crippen molar-refractivity contribution >= 4 is 16.9 Å². The van der Waals surface area contributed by atoms with Crippen LogP contribution in [-0.4, -0.2) is 55.4 Å². The minimum absolute atomic E-state index is 0.119. The molecule has 0 radical (unpaired) electrons. The maximum atomic E-state index is 11.5. The summed E-state index contributed by atoms with van der Waals surface area (Å²) in [6.07, 6.45) is 3.05. The number of carboxylic acid groups (broad SMARTS) is 1. The zero-order chi connectivity index (χ0) is 22.7. The molecule has 0 aliphatic carbocycles. The Labute approximate surface area is 187 Å². The number of aromatic nitrogens is 1. The zero-order valence-electron chi connectivity index (χ0n) is 18.6. The van der Waals surface area contributed by atoms with Crippen LogP contribution in [0.4, 0.5) is 0 Å². The maximum Gasteiger partial charge on any atom is 0.306 e. The van der Waals surface area contributed by atoms with Gasteiger partial charge in [0.2, 0.25) is 5.75 Å². The number of likely N-dealkylation sites (tertiary alicyclic amines) is 1. The maximum absolute atomic E-state index is 11.5. The summed E-state index contributed by atoms with van der Waals surface area (Å²) >= 11 is 0. The second kappa shape index (κ2) is 9.44. The quantitative estimate of drug-likeness (QED) is 0.596. The summed E-state index contributed by atoms with van der Waals surface area (Å²) in [5.41, 5.74) is 3.02. The van der Waals surface area contributed by atoms with Crippen molar-refractivity contribution in [1.82, 2.24) is 9.88 Å². The normalized spacial score (nSPS) is 16.0. The van der Waals surface area contributed by atoms with Gasteiger partial charge in [-0.15, -0.1) is 0 Å². The standard InChI is InChI=1S/C25H28N2O5/c1-30-21-14-17(15-22(31-2)24(21)32-3)23(27-12-9-16(10-13-27)25(28)29)19-8-11-26-20-7-5-4-6-18(19)20/h4-8,11,14-16,23H,9-10,12-13H2,1-3H3,(H,28,29). The van der Waals surface area contributed by atoms with Gasteiger partial charge in [-0.2, -0.15) is 0 Å². The number of methoxy groups -OCH3 is 3. The van der Waals surface area contributed by atoms with Crippen molar-refractivity contribution in [2.75, 3.05) is 34.4 Å². The van der Waals surface area contributed by atoms with Gasteiger partial charge in [-0.25, -0.2) is 0 Å². The molecular weight excluding hydrogens is 408 g/mol. The van der Waals surface area contributed by atoms with Crippen molar-refractivity contribution in [1.29, 1.82) is 0 Å². The van der Waals surface area contributed by atoms with Gasteiger partial charge < -0.3 is 19.3 Å². The Balaban J connectivity index is 1.86. The van der Waals surface area contributed by atoms with Gasteiger partial charge in [0.15, 0.2) is 11.5 Å². The third kappa shape index (κ3) is 4.08. The fourth-order valence-corrected chi connectivity index (χ4v) is 4.61. The van der Waals surface area contributed by atoms with E-state index in [0.29, 0.717) is 43.2 Å². The van der Waals surface area contributed by atoms with Crippen LogP contribution in [0.1, 0.15) is 30.0 Å². The third-order valence-electron chi connectivity index (χ3n) is 6.22. The molecule has 168 valence electrons. The van der Waals surface area contributed by atoms with E-state index in [2.05, 4.69) is 16.0 Å². The van der Waals surface area contributed by atoms with E-state index < -0.39 is 5.97 Å². The smallest absolute Gasteiger partial charge is 0.306 e. The first-order valence-corrected chi connectivity index (χ1v) is 10.7. The molecule has 1 aliphatic rings. The lowest BCUT2D eigenvalue weighted by molar-refractivity contribution is -0.143. The summed E-state index contributed by atoms with van der Waals surface area (Å²) in [6.45, 7) is 1.35. The number of carboxylic acids is 1. The zero-order valence-corrected chi connectivity index (χ0v) is 18.6. The minimum atomic E-state index is -0.719. The van der Waals surface area contributed by atoms with E-state index in [1.165, 1.54) is 0 Å². The average molecular weight is 437 g/mol. The molecule has 0 saturated carbocycles. The van der Waals surface area contributed by atoms with E-state index in [1.807, 2.05) is 42.6 Å². The van der Waals surface area contributed by atoms with Gasteiger partial charge in [0.25, 0.3) is 0 Å². The number of rotatable bonds is 7. The summed E-state index contributed by atoms with van der Waals surface area (Å²) in [4.78, 5) is 18.4. The van der Waals surface area contributed by atoms with Crippen LogP contribution in [0.2, 0.25) is 0 Å². The molecule has 1 unspecified atom stereocenters. The third-order valence-corrected chi connectivity index (χ3v) is 6.22. The molecule has 0 bridgehead atoms. The summed E-state index contributed by atoms with van der Waals surface area (Å²) in [7, 11) is 4.80. The van der Waals surface area contributed by atoms with Gasteiger partial charge >= 0.3 is 5.97 Å². The van der Waals surface area contributed by atoms with Gasteiger partial charge in [0.05, 0.1) is 38.8 Å². The van der Waals surface area contributed by atoms with Crippen LogP contribution in [-0.2, 0) is 4.79 Å². The van der Waals surface area contributed by atoms with E-state index in [4.69, 9.17) is 14.2 Å². The molecule has 0 spiro atoms. The lowest BCUT2D eigenvalue weighted by Gasteiger charge is -2.37. The van der Waals surface area contributed by atoms with Crippen molar-refractivity contribution in [2.45, 2.75) is 18.9 Å². The molecule has 1 atom stereocenters. The second-order valence-electron chi connectivity index (χ2n) is 7.93. The number of carbonyl (C=O) groups is 1. The van der Waals surface area contributed by atoms with E-state index in [0.717, 1.165) is 22.0 Å². The lowest BCUT2D eigenvalue weighted by Crippen LogP contribution is -2.39. The Morgan fingerprint density at radius 1 is 1.03 bits per heavy atom. The Morgan fingerprint density at radius 2 is 1.69 bits per heavy atom. The number of hydrogen-bond donors (Lipinski definition) is 1. The van der Waals surface area contributed by atoms with Gasteiger partial charge in [-0.1, -0.05) is 18.2 Å². The van der Waals surface area contributed by atoms with Gasteiger partial charge in [0.1, 0.15) is 0 Å². The molecule has 0 amide bonds. The number of fused-ring (bicyclic) bond motifs is 1. The van der Waals surface area contributed by atoms with Crippen LogP contribution in [0, 0.1) is 5.92 Å². The molecule has 2 heterocycles. The Morgan fingerprint density at radius 3 is 2.28 bits per heavy atom. The average Bonchev–Trinajstić information content (AvgIpc) is 2.84. The highest BCUT2D eigenvalue weighted by Crippen LogP contribution is 2.43. The van der Waals surface area contributed by atoms with Crippen LogP contribution in [0.5, 0.6) is 17.2 Å². The number of piperidine rings is 1. The molecule has 1 saturated heterocycles. The fraction of sp³-hybridized carbons (Fsp3) is 0.360. The largest absolute Gasteiger partial charge is 0.493 e. The first-order chi connectivity index (χ1) is 15.6. The van der Waals surface area contributed by atoms with Crippen LogP contribution in [0.15, 0.2) is 48.7 Å². The number of nitrogens with zero attached hydrogens (tertiary/aromatic N) is 2. The fourth-order valence-electron chi connectivity index (χ4n) is 4.61. The molecule has 32 heavy (non-hydrogen) atoms. The van der Waals surface area contributed by atoms with Crippen LogP contribution >= 0.6 is 0 Å². The Hall–Kier alpha value is -3.32. The van der Waals surface area contributed by atoms with Gasteiger partial charge in [-0.3, -0.25) is 14.7 Å². The topological polar surface area (TPSA) is 81.1 Å². The van der Waals surface area contributed by atoms with Crippen molar-refractivity contribution < 1.29 is 24.1 Å². The molecular formula is C25H28N2O5. The monoisotopic (exact) mass is 436 g/mol. The van der Waals surface area contributed by atoms with E-state index in [9.17, 15) is 9.90 Å². The van der Waals surface area contributed by atoms with Crippen LogP contribution < -0.4 is 14.2 Å². The Kier molecular flexibility index (Phi) is 6.46. The number of aliphatic carboxylic acids is 1. The highest BCUT2D eigenvalue weighted by atomic mass is 16.5. The van der Waals surface area contributed by atoms with E-state index >= 15 is 0 Å². The predicted octanol–water partition coefficient (Wildman–Crippen LogP) is 4.15. The minimum Gasteiger partial charge on any atom is -0.493 e. The number of para-hydroxylation sites is 1. The number of ether oxygens (including phenoxy) is 3. The van der Waals surface area contributed by atoms with Gasteiger partial charge in [-0.05, 0) is 61.3 Å². The van der Waals surface area contributed by atoms with Crippen molar-refractivity contribution in [3.05, 3.63) is 59.8 Å². The first-order valence-electron chi connectivity index (χ1n) is 10.7. The van der Waals surface area contributed by atoms with Crippen LogP contribution in [0.25, 0.3) is 10.9 Å². The number of benzene rings is 2. The number of pyridine rings is 1. The molecule has 1 N–H and O–H groups in total. The molecule has 4 rings (SSSR count). The molecule has 3 aromatic rings. The second-order valence-corrected chi connectivity index (χ2v) is 7.93. The Bertz CT molecular complexity index is 1080. The molecule has 2 aromatic carbocycles. The summed E-state index contributed by atoms with van der Waals surface area (Å²) < 4.78 is 16.7. The van der Waals surface area contributed by atoms with Crippen molar-refractivity contribution in [3.63, 3.8) is 0 Å².